The molecule has 2 aromatic carbocycles. The number of H-pyrrole nitrogens is 1. The number of rotatable bonds is 5. The highest BCUT2D eigenvalue weighted by molar-refractivity contribution is 6.42. The lowest BCUT2D eigenvalue weighted by Gasteiger charge is -2.27. The SMILES string of the molecule is [B]C([B])(CC(=O)O)c1c(C(C)C)n(-c2ccc(F)cc2)c2cc3cn[nH]c3cc12. The molecule has 0 aliphatic carbocycles. The molecular weight excluding hydrogens is 367 g/mol. The summed E-state index contributed by atoms with van der Waals surface area (Å²) in [6.07, 6.45) is 1.27. The number of aliphatic carboxylic acids is 1. The van der Waals surface area contributed by atoms with Crippen LogP contribution in [0.1, 0.15) is 37.4 Å². The van der Waals surface area contributed by atoms with Gasteiger partial charge < -0.3 is 9.67 Å². The lowest BCUT2D eigenvalue weighted by atomic mass is 9.48. The van der Waals surface area contributed by atoms with E-state index >= 15 is 0 Å². The van der Waals surface area contributed by atoms with Crippen LogP contribution in [0.5, 0.6) is 0 Å². The van der Waals surface area contributed by atoms with Crippen molar-refractivity contribution >= 4 is 43.5 Å². The van der Waals surface area contributed by atoms with Crippen molar-refractivity contribution < 1.29 is 14.3 Å². The molecule has 0 bridgehead atoms. The van der Waals surface area contributed by atoms with Gasteiger partial charge in [0.15, 0.2) is 0 Å². The molecule has 0 saturated heterocycles. The Kier molecular flexibility index (Phi) is 4.52. The Morgan fingerprint density at radius 3 is 2.59 bits per heavy atom. The average molecular weight is 385 g/mol. The molecule has 4 radical (unpaired) electrons. The second-order valence-corrected chi connectivity index (χ2v) is 7.66. The van der Waals surface area contributed by atoms with E-state index < -0.39 is 17.6 Å². The number of nitrogens with one attached hydrogen (secondary N) is 1. The van der Waals surface area contributed by atoms with E-state index in [1.165, 1.54) is 12.1 Å². The summed E-state index contributed by atoms with van der Waals surface area (Å²) in [5.74, 6) is -1.46. The summed E-state index contributed by atoms with van der Waals surface area (Å²) in [5.41, 5.74) is 3.68. The topological polar surface area (TPSA) is 70.9 Å². The van der Waals surface area contributed by atoms with Crippen LogP contribution in [0.3, 0.4) is 0 Å². The van der Waals surface area contributed by atoms with Crippen LogP contribution in [-0.4, -0.2) is 41.5 Å². The molecule has 8 heteroatoms. The Balaban J connectivity index is 2.16. The number of halogens is 1. The fourth-order valence-corrected chi connectivity index (χ4v) is 3.99. The lowest BCUT2D eigenvalue weighted by molar-refractivity contribution is -0.137. The van der Waals surface area contributed by atoms with Gasteiger partial charge in [0, 0.05) is 28.6 Å². The molecule has 4 rings (SSSR count). The minimum Gasteiger partial charge on any atom is -0.481 e. The Bertz CT molecular complexity index is 1230. The minimum absolute atomic E-state index is 0.0285. The van der Waals surface area contributed by atoms with Crippen LogP contribution in [0, 0.1) is 5.82 Å². The van der Waals surface area contributed by atoms with Crippen LogP contribution < -0.4 is 0 Å². The zero-order chi connectivity index (χ0) is 20.9. The van der Waals surface area contributed by atoms with Crippen molar-refractivity contribution in [3.63, 3.8) is 0 Å². The van der Waals surface area contributed by atoms with E-state index in [0.717, 1.165) is 33.2 Å². The van der Waals surface area contributed by atoms with Crippen molar-refractivity contribution in [3.05, 3.63) is 59.7 Å². The minimum atomic E-state index is -1.59. The molecule has 0 fully saturated rings. The van der Waals surface area contributed by atoms with E-state index in [-0.39, 0.29) is 11.7 Å². The second kappa shape index (κ2) is 6.79. The first kappa shape index (κ1) is 19.3. The Hall–Kier alpha value is -3.02. The third-order valence-corrected chi connectivity index (χ3v) is 5.10. The predicted octanol–water partition coefficient (Wildman–Crippen LogP) is 3.73. The van der Waals surface area contributed by atoms with Crippen molar-refractivity contribution in [1.82, 2.24) is 14.8 Å². The number of fused-ring (bicyclic) bond motifs is 2. The quantitative estimate of drug-likeness (QED) is 0.515. The van der Waals surface area contributed by atoms with Gasteiger partial charge in [-0.1, -0.05) is 19.1 Å². The molecule has 0 saturated carbocycles. The zero-order valence-corrected chi connectivity index (χ0v) is 16.1. The molecule has 2 N–H and O–H groups in total. The monoisotopic (exact) mass is 385 g/mol. The second-order valence-electron chi connectivity index (χ2n) is 7.66. The fourth-order valence-electron chi connectivity index (χ4n) is 3.99. The van der Waals surface area contributed by atoms with Crippen molar-refractivity contribution in [3.8, 4) is 5.69 Å². The number of carboxylic acid groups (broad SMARTS) is 1. The van der Waals surface area contributed by atoms with Crippen LogP contribution in [-0.2, 0) is 10.0 Å². The van der Waals surface area contributed by atoms with Crippen LogP contribution in [0.15, 0.2) is 42.6 Å². The summed E-state index contributed by atoms with van der Waals surface area (Å²) in [5, 5.41) is 16.4. The van der Waals surface area contributed by atoms with E-state index in [0.29, 0.717) is 5.56 Å². The Morgan fingerprint density at radius 1 is 1.28 bits per heavy atom. The first-order valence-corrected chi connectivity index (χ1v) is 9.26. The van der Waals surface area contributed by atoms with Crippen LogP contribution in [0.4, 0.5) is 4.39 Å². The summed E-state index contributed by atoms with van der Waals surface area (Å²) >= 11 is 0. The molecule has 0 aliphatic rings. The molecule has 0 aliphatic heterocycles. The van der Waals surface area contributed by atoms with E-state index in [1.807, 2.05) is 30.5 Å². The predicted molar refractivity (Wildman–Crippen MR) is 112 cm³/mol. The fraction of sp³-hybridized carbons (Fsp3) is 0.238. The molecule has 0 spiro atoms. The molecule has 0 atom stereocenters. The number of hydrogen-bond donors (Lipinski definition) is 2. The number of aromatic amines is 1. The van der Waals surface area contributed by atoms with Gasteiger partial charge in [0.2, 0.25) is 0 Å². The smallest absolute Gasteiger partial charge is 0.302 e. The number of nitrogens with zero attached hydrogens (tertiary/aromatic N) is 2. The van der Waals surface area contributed by atoms with Crippen molar-refractivity contribution in [1.29, 1.82) is 0 Å². The van der Waals surface area contributed by atoms with Gasteiger partial charge in [-0.25, -0.2) is 4.39 Å². The van der Waals surface area contributed by atoms with Gasteiger partial charge in [-0.2, -0.15) is 5.10 Å². The van der Waals surface area contributed by atoms with E-state index in [2.05, 4.69) is 10.2 Å². The highest BCUT2D eigenvalue weighted by atomic mass is 19.1. The van der Waals surface area contributed by atoms with Gasteiger partial charge in [-0.15, -0.1) is 0 Å². The largest absolute Gasteiger partial charge is 0.481 e. The Labute approximate surface area is 169 Å². The van der Waals surface area contributed by atoms with Gasteiger partial charge in [0.05, 0.1) is 32.9 Å². The standard InChI is InChI=1S/C21H18B2FN3O2/c1-11(2)20-19(21(22,23)9-18(28)29)15-8-16-12(10-25-26-16)7-17(15)27(20)14-5-3-13(24)4-6-14/h3-8,10-11H,9H2,1-2H3,(H,25,26)(H,28,29). The van der Waals surface area contributed by atoms with Gasteiger partial charge in [0.1, 0.15) is 5.82 Å². The molecular formula is C21H18B2FN3O2. The summed E-state index contributed by atoms with van der Waals surface area (Å²) in [4.78, 5) is 11.5. The maximum atomic E-state index is 13.6. The molecule has 2 heterocycles. The summed E-state index contributed by atoms with van der Waals surface area (Å²) < 4.78 is 15.5. The number of hydrogen-bond acceptors (Lipinski definition) is 2. The van der Waals surface area contributed by atoms with Crippen LogP contribution >= 0.6 is 0 Å². The Morgan fingerprint density at radius 2 is 1.97 bits per heavy atom. The normalized spacial score (nSPS) is 12.3. The molecule has 29 heavy (non-hydrogen) atoms. The van der Waals surface area contributed by atoms with E-state index in [1.54, 1.807) is 18.3 Å². The van der Waals surface area contributed by atoms with Crippen molar-refractivity contribution in [2.24, 2.45) is 0 Å². The van der Waals surface area contributed by atoms with Crippen molar-refractivity contribution in [2.45, 2.75) is 31.4 Å². The highest BCUT2D eigenvalue weighted by Crippen LogP contribution is 2.41. The number of carboxylic acids is 1. The molecule has 4 aromatic rings. The third kappa shape index (κ3) is 3.22. The lowest BCUT2D eigenvalue weighted by Crippen LogP contribution is -2.31. The number of carbonyl (C=O) groups is 1. The molecule has 0 amide bonds. The van der Waals surface area contributed by atoms with Crippen LogP contribution in [0.25, 0.3) is 27.5 Å². The van der Waals surface area contributed by atoms with E-state index in [4.69, 9.17) is 15.7 Å². The summed E-state index contributed by atoms with van der Waals surface area (Å²) in [7, 11) is 12.8. The molecule has 5 nitrogen and oxygen atoms in total. The van der Waals surface area contributed by atoms with Gasteiger partial charge in [0.25, 0.3) is 0 Å². The van der Waals surface area contributed by atoms with Gasteiger partial charge >= 0.3 is 5.97 Å². The van der Waals surface area contributed by atoms with Gasteiger partial charge in [-0.3, -0.25) is 9.89 Å². The zero-order valence-electron chi connectivity index (χ0n) is 16.1. The first-order valence-electron chi connectivity index (χ1n) is 9.26. The number of benzene rings is 2. The number of aromatic nitrogens is 3. The van der Waals surface area contributed by atoms with Crippen LogP contribution in [0.2, 0.25) is 0 Å². The van der Waals surface area contributed by atoms with Crippen molar-refractivity contribution in [2.75, 3.05) is 0 Å². The highest BCUT2D eigenvalue weighted by Gasteiger charge is 2.32. The maximum Gasteiger partial charge on any atom is 0.302 e. The van der Waals surface area contributed by atoms with Gasteiger partial charge in [-0.05, 0) is 47.9 Å². The van der Waals surface area contributed by atoms with E-state index in [9.17, 15) is 14.3 Å². The summed E-state index contributed by atoms with van der Waals surface area (Å²) in [6.45, 7) is 3.98. The molecule has 2 aromatic heterocycles. The maximum absolute atomic E-state index is 13.6. The first-order chi connectivity index (χ1) is 13.7. The molecule has 0 unspecified atom stereocenters. The molecule has 142 valence electrons. The average Bonchev–Trinajstić information content (AvgIpc) is 3.21. The summed E-state index contributed by atoms with van der Waals surface area (Å²) in [6, 6.07) is 9.96. The third-order valence-electron chi connectivity index (χ3n) is 5.10.